The summed E-state index contributed by atoms with van der Waals surface area (Å²) in [5.74, 6) is 0.247. The fourth-order valence-electron chi connectivity index (χ4n) is 0.675. The summed E-state index contributed by atoms with van der Waals surface area (Å²) in [5.41, 5.74) is 0. The number of alkyl halides is 1. The number of hydrogen-bond donors (Lipinski definition) is 0. The maximum absolute atomic E-state index is 5.90. The second-order valence-electron chi connectivity index (χ2n) is 2.24. The minimum absolute atomic E-state index is 0.132. The normalized spacial score (nSPS) is 16.1. The van der Waals surface area contributed by atoms with E-state index in [-0.39, 0.29) is 11.3 Å². The highest BCUT2D eigenvalue weighted by atomic mass is 35.5. The molecule has 0 aliphatic heterocycles. The molecule has 0 rings (SSSR count). The Bertz CT molecular complexity index is 116. The topological polar surface area (TPSA) is 0 Å². The number of hydrogen-bond acceptors (Lipinski definition) is 0. The molecule has 0 heterocycles. The number of halogens is 3. The average Bonchev–Trinajstić information content (AvgIpc) is 1.85. The van der Waals surface area contributed by atoms with Crippen LogP contribution in [0.3, 0.4) is 0 Å². The van der Waals surface area contributed by atoms with Crippen LogP contribution in [0, 0.1) is 5.92 Å². The van der Waals surface area contributed by atoms with E-state index in [0.29, 0.717) is 4.49 Å². The third kappa shape index (κ3) is 4.43. The minimum Gasteiger partial charge on any atom is -0.122 e. The lowest BCUT2D eigenvalue weighted by atomic mass is 10.1. The van der Waals surface area contributed by atoms with Crippen LogP contribution >= 0.6 is 34.8 Å². The number of allylic oxidation sites excluding steroid dienone is 1. The van der Waals surface area contributed by atoms with E-state index in [9.17, 15) is 0 Å². The highest BCUT2D eigenvalue weighted by Gasteiger charge is 2.09. The van der Waals surface area contributed by atoms with Crippen molar-refractivity contribution in [2.24, 2.45) is 5.92 Å². The highest BCUT2D eigenvalue weighted by molar-refractivity contribution is 6.55. The van der Waals surface area contributed by atoms with E-state index in [1.54, 1.807) is 6.08 Å². The Kier molecular flexibility index (Phi) is 5.61. The second-order valence-corrected chi connectivity index (χ2v) is 3.81. The molecule has 10 heavy (non-hydrogen) atoms. The molecule has 2 unspecified atom stereocenters. The third-order valence-electron chi connectivity index (χ3n) is 1.35. The summed E-state index contributed by atoms with van der Waals surface area (Å²) in [7, 11) is 0. The van der Waals surface area contributed by atoms with Gasteiger partial charge in [-0.05, 0) is 18.4 Å². The Hall–Kier alpha value is 0.610. The van der Waals surface area contributed by atoms with Gasteiger partial charge in [0.25, 0.3) is 0 Å². The summed E-state index contributed by atoms with van der Waals surface area (Å²) in [6.45, 7) is 4.02. The third-order valence-corrected chi connectivity index (χ3v) is 2.31. The van der Waals surface area contributed by atoms with E-state index in [0.717, 1.165) is 6.42 Å². The van der Waals surface area contributed by atoms with Crippen molar-refractivity contribution >= 4 is 34.8 Å². The summed E-state index contributed by atoms with van der Waals surface area (Å²) in [5, 5.41) is 0.132. The van der Waals surface area contributed by atoms with Gasteiger partial charge in [0, 0.05) is 5.38 Å². The van der Waals surface area contributed by atoms with Gasteiger partial charge >= 0.3 is 0 Å². The van der Waals surface area contributed by atoms with Gasteiger partial charge in [0.15, 0.2) is 0 Å². The summed E-state index contributed by atoms with van der Waals surface area (Å²) in [6.07, 6.45) is 2.69. The van der Waals surface area contributed by atoms with E-state index in [4.69, 9.17) is 34.8 Å². The quantitative estimate of drug-likeness (QED) is 0.607. The molecule has 2 atom stereocenters. The fraction of sp³-hybridized carbons (Fsp3) is 0.714. The van der Waals surface area contributed by atoms with Crippen LogP contribution in [0.1, 0.15) is 20.3 Å². The summed E-state index contributed by atoms with van der Waals surface area (Å²) in [4.78, 5) is 0. The first-order valence-electron chi connectivity index (χ1n) is 3.24. The predicted octanol–water partition coefficient (Wildman–Crippen LogP) is 3.96. The van der Waals surface area contributed by atoms with Gasteiger partial charge < -0.3 is 0 Å². The molecule has 0 spiro atoms. The van der Waals surface area contributed by atoms with Crippen LogP contribution in [0.5, 0.6) is 0 Å². The first-order chi connectivity index (χ1) is 4.57. The van der Waals surface area contributed by atoms with Crippen molar-refractivity contribution in [1.29, 1.82) is 0 Å². The lowest BCUT2D eigenvalue weighted by Gasteiger charge is -2.10. The zero-order chi connectivity index (χ0) is 8.15. The Balaban J connectivity index is 3.83. The molecule has 0 aromatic heterocycles. The molecule has 0 aromatic rings. The van der Waals surface area contributed by atoms with Crippen LogP contribution in [0.25, 0.3) is 0 Å². The number of rotatable bonds is 3. The first kappa shape index (κ1) is 10.6. The molecule has 0 saturated carbocycles. The largest absolute Gasteiger partial charge is 0.122 e. The van der Waals surface area contributed by atoms with Gasteiger partial charge in [0.1, 0.15) is 4.49 Å². The van der Waals surface area contributed by atoms with E-state index >= 15 is 0 Å². The summed E-state index contributed by atoms with van der Waals surface area (Å²) in [6, 6.07) is 0. The smallest absolute Gasteiger partial charge is 0.103 e. The highest BCUT2D eigenvalue weighted by Crippen LogP contribution is 2.19. The maximum Gasteiger partial charge on any atom is 0.103 e. The fourth-order valence-corrected chi connectivity index (χ4v) is 1.15. The molecule has 0 aromatic carbocycles. The van der Waals surface area contributed by atoms with Crippen molar-refractivity contribution in [3.63, 3.8) is 0 Å². The van der Waals surface area contributed by atoms with E-state index in [1.807, 2.05) is 13.8 Å². The van der Waals surface area contributed by atoms with Crippen molar-refractivity contribution < 1.29 is 0 Å². The molecular weight excluding hydrogens is 190 g/mol. The van der Waals surface area contributed by atoms with Gasteiger partial charge in [-0.3, -0.25) is 0 Å². The molecule has 0 fully saturated rings. The lowest BCUT2D eigenvalue weighted by molar-refractivity contribution is 0.644. The van der Waals surface area contributed by atoms with Gasteiger partial charge in [-0.2, -0.15) is 0 Å². The lowest BCUT2D eigenvalue weighted by Crippen LogP contribution is -2.06. The van der Waals surface area contributed by atoms with E-state index in [1.165, 1.54) is 0 Å². The Morgan fingerprint density at radius 1 is 1.50 bits per heavy atom. The Morgan fingerprint density at radius 3 is 2.30 bits per heavy atom. The zero-order valence-electron chi connectivity index (χ0n) is 6.07. The molecule has 3 heteroatoms. The SMILES string of the molecule is CCC(Cl)C(C)C=C(Cl)Cl. The zero-order valence-corrected chi connectivity index (χ0v) is 8.34. The van der Waals surface area contributed by atoms with Crippen molar-refractivity contribution in [2.75, 3.05) is 0 Å². The van der Waals surface area contributed by atoms with Crippen LogP contribution in [0.4, 0.5) is 0 Å². The van der Waals surface area contributed by atoms with Gasteiger partial charge in [-0.1, -0.05) is 37.0 Å². The van der Waals surface area contributed by atoms with Gasteiger partial charge in [-0.25, -0.2) is 0 Å². The first-order valence-corrected chi connectivity index (χ1v) is 4.44. The molecule has 0 N–H and O–H groups in total. The van der Waals surface area contributed by atoms with Crippen molar-refractivity contribution in [1.82, 2.24) is 0 Å². The Labute approximate surface area is 77.1 Å². The van der Waals surface area contributed by atoms with Crippen molar-refractivity contribution in [2.45, 2.75) is 25.6 Å². The molecular formula is C7H11Cl3. The van der Waals surface area contributed by atoms with Gasteiger partial charge in [0.05, 0.1) is 0 Å². The average molecular weight is 202 g/mol. The molecule has 0 amide bonds. The monoisotopic (exact) mass is 200 g/mol. The van der Waals surface area contributed by atoms with Gasteiger partial charge in [0.2, 0.25) is 0 Å². The summed E-state index contributed by atoms with van der Waals surface area (Å²) >= 11 is 16.8. The maximum atomic E-state index is 5.90. The Morgan fingerprint density at radius 2 is 2.00 bits per heavy atom. The van der Waals surface area contributed by atoms with Crippen molar-refractivity contribution in [3.05, 3.63) is 10.6 Å². The summed E-state index contributed by atoms with van der Waals surface area (Å²) < 4.78 is 0.298. The van der Waals surface area contributed by atoms with Crippen LogP contribution in [-0.4, -0.2) is 5.38 Å². The molecule has 60 valence electrons. The van der Waals surface area contributed by atoms with Crippen LogP contribution in [0.2, 0.25) is 0 Å². The standard InChI is InChI=1S/C7H11Cl3/c1-3-6(8)5(2)4-7(9)10/h4-6H,3H2,1-2H3. The van der Waals surface area contributed by atoms with Crippen LogP contribution < -0.4 is 0 Å². The van der Waals surface area contributed by atoms with Gasteiger partial charge in [-0.15, -0.1) is 11.6 Å². The van der Waals surface area contributed by atoms with Crippen molar-refractivity contribution in [3.8, 4) is 0 Å². The van der Waals surface area contributed by atoms with E-state index in [2.05, 4.69) is 0 Å². The molecule has 0 aliphatic rings. The van der Waals surface area contributed by atoms with Crippen LogP contribution in [0.15, 0.2) is 10.6 Å². The predicted molar refractivity (Wildman–Crippen MR) is 48.9 cm³/mol. The molecule has 0 bridgehead atoms. The second kappa shape index (κ2) is 5.29. The van der Waals surface area contributed by atoms with E-state index < -0.39 is 0 Å². The molecule has 0 saturated heterocycles. The molecule has 0 nitrogen and oxygen atoms in total. The minimum atomic E-state index is 0.132. The molecule has 0 aliphatic carbocycles. The molecule has 0 radical (unpaired) electrons. The van der Waals surface area contributed by atoms with Crippen LogP contribution in [-0.2, 0) is 0 Å².